The third-order valence-corrected chi connectivity index (χ3v) is 5.44. The number of carbonyl (C=O) groups excluding carboxylic acids is 2. The molecule has 28 heavy (non-hydrogen) atoms. The van der Waals surface area contributed by atoms with Gasteiger partial charge in [0, 0.05) is 50.3 Å². The van der Waals surface area contributed by atoms with E-state index in [1.807, 2.05) is 4.90 Å². The Morgan fingerprint density at radius 2 is 2.00 bits per heavy atom. The molecule has 0 spiro atoms. The molecule has 1 aromatic heterocycles. The molecule has 0 bridgehead atoms. The molecule has 4 rings (SSSR count). The van der Waals surface area contributed by atoms with Crippen LogP contribution in [0.4, 0.5) is 4.39 Å². The maximum atomic E-state index is 13.2. The van der Waals surface area contributed by atoms with Gasteiger partial charge in [-0.05, 0) is 37.1 Å². The number of aromatic amines is 1. The van der Waals surface area contributed by atoms with Crippen LogP contribution in [0.5, 0.6) is 0 Å². The van der Waals surface area contributed by atoms with Gasteiger partial charge in [0.1, 0.15) is 11.9 Å². The van der Waals surface area contributed by atoms with Crippen LogP contribution in [0.3, 0.4) is 0 Å². The molecule has 2 aliphatic heterocycles. The number of aromatic nitrogens is 2. The standard InChI is InChI=1S/C20H24FN5O2/c21-16-4-2-14(3-5-16)19-15(12-22-24-19)13-25-8-1-9-26(11-10-25)20(28)17-6-7-18(27)23-17/h2-5,12,17H,1,6-11,13H2,(H,22,24)(H,23,27). The molecule has 2 aliphatic rings. The van der Waals surface area contributed by atoms with E-state index in [2.05, 4.69) is 20.4 Å². The summed E-state index contributed by atoms with van der Waals surface area (Å²) in [7, 11) is 0. The van der Waals surface area contributed by atoms with Crippen LogP contribution in [-0.4, -0.2) is 64.0 Å². The molecule has 1 atom stereocenters. The van der Waals surface area contributed by atoms with Crippen LogP contribution < -0.4 is 5.32 Å². The zero-order valence-corrected chi connectivity index (χ0v) is 15.7. The number of hydrogen-bond acceptors (Lipinski definition) is 4. The van der Waals surface area contributed by atoms with Crippen molar-refractivity contribution in [2.45, 2.75) is 31.8 Å². The number of nitrogens with zero attached hydrogens (tertiary/aromatic N) is 3. The summed E-state index contributed by atoms with van der Waals surface area (Å²) < 4.78 is 13.2. The predicted molar refractivity (Wildman–Crippen MR) is 102 cm³/mol. The molecule has 148 valence electrons. The average molecular weight is 385 g/mol. The van der Waals surface area contributed by atoms with Gasteiger partial charge in [-0.2, -0.15) is 5.10 Å². The summed E-state index contributed by atoms with van der Waals surface area (Å²) in [4.78, 5) is 28.2. The van der Waals surface area contributed by atoms with Crippen molar-refractivity contribution in [3.8, 4) is 11.3 Å². The van der Waals surface area contributed by atoms with Gasteiger partial charge in [-0.25, -0.2) is 4.39 Å². The van der Waals surface area contributed by atoms with E-state index >= 15 is 0 Å². The highest BCUT2D eigenvalue weighted by Crippen LogP contribution is 2.23. The van der Waals surface area contributed by atoms with Crippen LogP contribution >= 0.6 is 0 Å². The maximum absolute atomic E-state index is 13.2. The van der Waals surface area contributed by atoms with Gasteiger partial charge in [0.25, 0.3) is 0 Å². The highest BCUT2D eigenvalue weighted by atomic mass is 19.1. The lowest BCUT2D eigenvalue weighted by molar-refractivity contribution is -0.134. The molecule has 0 saturated carbocycles. The largest absolute Gasteiger partial charge is 0.344 e. The van der Waals surface area contributed by atoms with Gasteiger partial charge < -0.3 is 10.2 Å². The molecule has 0 radical (unpaired) electrons. The van der Waals surface area contributed by atoms with Crippen molar-refractivity contribution >= 4 is 11.8 Å². The Labute approximate surface area is 162 Å². The first-order chi connectivity index (χ1) is 13.6. The number of rotatable bonds is 4. The molecule has 2 fully saturated rings. The molecule has 2 N–H and O–H groups in total. The number of hydrogen-bond donors (Lipinski definition) is 2. The Morgan fingerprint density at radius 3 is 2.75 bits per heavy atom. The number of benzene rings is 1. The van der Waals surface area contributed by atoms with Gasteiger partial charge in [0.05, 0.1) is 11.9 Å². The summed E-state index contributed by atoms with van der Waals surface area (Å²) in [5.74, 6) is -0.272. The minimum atomic E-state index is -0.363. The molecular weight excluding hydrogens is 361 g/mol. The van der Waals surface area contributed by atoms with E-state index in [1.54, 1.807) is 18.3 Å². The van der Waals surface area contributed by atoms with Gasteiger partial charge in [-0.15, -0.1) is 0 Å². The highest BCUT2D eigenvalue weighted by molar-refractivity contribution is 5.90. The summed E-state index contributed by atoms with van der Waals surface area (Å²) in [5.41, 5.74) is 2.85. The van der Waals surface area contributed by atoms with Crippen molar-refractivity contribution in [3.63, 3.8) is 0 Å². The zero-order valence-electron chi connectivity index (χ0n) is 15.7. The average Bonchev–Trinajstić information content (AvgIpc) is 3.26. The van der Waals surface area contributed by atoms with Crippen molar-refractivity contribution in [2.24, 2.45) is 0 Å². The molecular formula is C20H24FN5O2. The second kappa shape index (κ2) is 8.10. The van der Waals surface area contributed by atoms with Crippen molar-refractivity contribution in [1.82, 2.24) is 25.3 Å². The second-order valence-electron chi connectivity index (χ2n) is 7.39. The Hall–Kier alpha value is -2.74. The summed E-state index contributed by atoms with van der Waals surface area (Å²) in [5, 5.41) is 9.94. The third kappa shape index (κ3) is 4.06. The predicted octanol–water partition coefficient (Wildman–Crippen LogP) is 1.53. The first-order valence-corrected chi connectivity index (χ1v) is 9.69. The lowest BCUT2D eigenvalue weighted by atomic mass is 10.1. The van der Waals surface area contributed by atoms with E-state index in [4.69, 9.17) is 0 Å². The Kier molecular flexibility index (Phi) is 5.38. The third-order valence-electron chi connectivity index (χ3n) is 5.44. The summed E-state index contributed by atoms with van der Waals surface area (Å²) >= 11 is 0. The first-order valence-electron chi connectivity index (χ1n) is 9.69. The van der Waals surface area contributed by atoms with Crippen molar-refractivity contribution < 1.29 is 14.0 Å². The normalized spacial score (nSPS) is 20.8. The fraction of sp³-hybridized carbons (Fsp3) is 0.450. The molecule has 2 aromatic rings. The van der Waals surface area contributed by atoms with E-state index in [0.29, 0.717) is 32.5 Å². The van der Waals surface area contributed by atoms with Crippen LogP contribution in [0.15, 0.2) is 30.5 Å². The molecule has 2 amide bonds. The molecule has 1 aromatic carbocycles. The van der Waals surface area contributed by atoms with Crippen LogP contribution in [0.2, 0.25) is 0 Å². The van der Waals surface area contributed by atoms with Crippen LogP contribution in [0, 0.1) is 5.82 Å². The number of amides is 2. The van der Waals surface area contributed by atoms with Crippen LogP contribution in [0.1, 0.15) is 24.8 Å². The Bertz CT molecular complexity index is 851. The highest BCUT2D eigenvalue weighted by Gasteiger charge is 2.31. The lowest BCUT2D eigenvalue weighted by Gasteiger charge is -2.24. The minimum Gasteiger partial charge on any atom is -0.344 e. The molecule has 1 unspecified atom stereocenters. The Morgan fingerprint density at radius 1 is 1.18 bits per heavy atom. The number of carbonyl (C=O) groups is 2. The SMILES string of the molecule is O=C1CCC(C(=O)N2CCCN(Cc3cn[nH]c3-c3ccc(F)cc3)CC2)N1. The molecule has 7 nitrogen and oxygen atoms in total. The Balaban J connectivity index is 1.38. The zero-order chi connectivity index (χ0) is 19.5. The summed E-state index contributed by atoms with van der Waals surface area (Å²) in [6.45, 7) is 3.72. The monoisotopic (exact) mass is 385 g/mol. The fourth-order valence-electron chi connectivity index (χ4n) is 3.91. The van der Waals surface area contributed by atoms with Crippen molar-refractivity contribution in [1.29, 1.82) is 0 Å². The van der Waals surface area contributed by atoms with Crippen LogP contribution in [-0.2, 0) is 16.1 Å². The van der Waals surface area contributed by atoms with Gasteiger partial charge in [0.2, 0.25) is 11.8 Å². The number of nitrogens with one attached hydrogen (secondary N) is 2. The van der Waals surface area contributed by atoms with Crippen molar-refractivity contribution in [3.05, 3.63) is 41.8 Å². The molecule has 3 heterocycles. The first kappa shape index (κ1) is 18.6. The fourth-order valence-corrected chi connectivity index (χ4v) is 3.91. The maximum Gasteiger partial charge on any atom is 0.245 e. The van der Waals surface area contributed by atoms with E-state index < -0.39 is 0 Å². The number of H-pyrrole nitrogens is 1. The lowest BCUT2D eigenvalue weighted by Crippen LogP contribution is -2.45. The van der Waals surface area contributed by atoms with Gasteiger partial charge in [0.15, 0.2) is 0 Å². The van der Waals surface area contributed by atoms with Crippen molar-refractivity contribution in [2.75, 3.05) is 26.2 Å². The molecule has 2 saturated heterocycles. The van der Waals surface area contributed by atoms with E-state index in [9.17, 15) is 14.0 Å². The van der Waals surface area contributed by atoms with E-state index in [0.717, 1.165) is 36.3 Å². The van der Waals surface area contributed by atoms with Gasteiger partial charge in [-0.3, -0.25) is 19.6 Å². The summed E-state index contributed by atoms with van der Waals surface area (Å²) in [6, 6.07) is 6.00. The topological polar surface area (TPSA) is 81.3 Å². The number of halogens is 1. The second-order valence-corrected chi connectivity index (χ2v) is 7.39. The molecule has 8 heteroatoms. The van der Waals surface area contributed by atoms with Gasteiger partial charge in [-0.1, -0.05) is 0 Å². The smallest absolute Gasteiger partial charge is 0.245 e. The van der Waals surface area contributed by atoms with E-state index in [-0.39, 0.29) is 23.7 Å². The van der Waals surface area contributed by atoms with Crippen LogP contribution in [0.25, 0.3) is 11.3 Å². The van der Waals surface area contributed by atoms with E-state index in [1.165, 1.54) is 12.1 Å². The minimum absolute atomic E-state index is 0.0306. The van der Waals surface area contributed by atoms with Gasteiger partial charge >= 0.3 is 0 Å². The quantitative estimate of drug-likeness (QED) is 0.836. The molecule has 0 aliphatic carbocycles. The summed E-state index contributed by atoms with van der Waals surface area (Å²) in [6.07, 6.45) is 3.72.